The Labute approximate surface area is 377 Å². The molecule has 1 aromatic heterocycles. The molecule has 0 radical (unpaired) electrons. The third-order valence-corrected chi connectivity index (χ3v) is 13.9. The van der Waals surface area contributed by atoms with Gasteiger partial charge in [-0.3, -0.25) is 0 Å². The maximum absolute atomic E-state index is 2.45. The Morgan fingerprint density at radius 2 is 0.703 bits per heavy atom. The van der Waals surface area contributed by atoms with Crippen LogP contribution in [0.5, 0.6) is 0 Å². The largest absolute Gasteiger partial charge is 0.309 e. The molecule has 0 atom stereocenters. The summed E-state index contributed by atoms with van der Waals surface area (Å²) in [7, 11) is 0. The molecule has 0 amide bonds. The molecule has 1 heterocycles. The van der Waals surface area contributed by atoms with Crippen molar-refractivity contribution < 1.29 is 0 Å². The number of rotatable bonds is 8. The molecule has 0 saturated carbocycles. The van der Waals surface area contributed by atoms with Crippen molar-refractivity contribution in [1.29, 1.82) is 0 Å². The van der Waals surface area contributed by atoms with Crippen LogP contribution in [0.3, 0.4) is 0 Å². The number of nitrogens with zero attached hydrogens (tertiary/aromatic N) is 1. The third-order valence-electron chi connectivity index (χ3n) is 12.6. The molecular weight excluding hydrogens is 791 g/mol. The molecule has 0 spiro atoms. The Hall–Kier alpha value is -8.04. The van der Waals surface area contributed by atoms with Gasteiger partial charge in [0.05, 0.1) is 10.4 Å². The fraction of sp³-hybridized carbons (Fsp3) is 0. The summed E-state index contributed by atoms with van der Waals surface area (Å²) in [5, 5.41) is 7.59. The number of anilines is 3. The standard InChI is InChI=1S/C62H41NS/c1-4-18-42(19-5-1)43-36-38-49(39-37-43)63(58-35-17-34-57-56-33-16-32-51(61(56)64-62(57)58)44-20-6-2-7-21-44)50-27-15-25-47(41-50)46-24-14-26-48(40-46)60-55-31-13-11-29-53(55)52-28-10-12-30-54(52)59(60)45-22-8-3-9-23-45/h1-41H. The summed E-state index contributed by atoms with van der Waals surface area (Å²) in [6, 6.07) is 90.8. The second kappa shape index (κ2) is 16.0. The van der Waals surface area contributed by atoms with E-state index in [4.69, 9.17) is 0 Å². The number of hydrogen-bond donors (Lipinski definition) is 0. The van der Waals surface area contributed by atoms with E-state index in [2.05, 4.69) is 254 Å². The van der Waals surface area contributed by atoms with Crippen LogP contribution in [0.1, 0.15) is 0 Å². The van der Waals surface area contributed by atoms with Crippen molar-refractivity contribution in [2.24, 2.45) is 0 Å². The van der Waals surface area contributed by atoms with E-state index in [1.165, 1.54) is 91.8 Å². The Morgan fingerprint density at radius 3 is 1.38 bits per heavy atom. The predicted octanol–water partition coefficient (Wildman–Crippen LogP) is 18.2. The lowest BCUT2D eigenvalue weighted by Gasteiger charge is -2.27. The zero-order chi connectivity index (χ0) is 42.4. The van der Waals surface area contributed by atoms with Crippen LogP contribution in [-0.4, -0.2) is 0 Å². The van der Waals surface area contributed by atoms with E-state index >= 15 is 0 Å². The highest BCUT2D eigenvalue weighted by molar-refractivity contribution is 7.27. The minimum absolute atomic E-state index is 1.10. The molecule has 0 bridgehead atoms. The SMILES string of the molecule is c1ccc(-c2ccc(N(c3cccc(-c4cccc(-c5c(-c6ccccc6)c6ccccc6c6ccccc56)c4)c3)c3cccc4c3sc3c(-c5ccccc5)cccc34)cc2)cc1. The van der Waals surface area contributed by atoms with Crippen LogP contribution in [-0.2, 0) is 0 Å². The second-order valence-corrected chi connectivity index (χ2v) is 17.4. The van der Waals surface area contributed by atoms with Crippen LogP contribution in [0.15, 0.2) is 249 Å². The first-order valence-corrected chi connectivity index (χ1v) is 22.7. The van der Waals surface area contributed by atoms with Crippen LogP contribution in [0, 0.1) is 0 Å². The quantitative estimate of drug-likeness (QED) is 0.138. The highest BCUT2D eigenvalue weighted by Crippen LogP contribution is 2.49. The lowest BCUT2D eigenvalue weighted by atomic mass is 9.84. The summed E-state index contributed by atoms with van der Waals surface area (Å²) in [6.45, 7) is 0. The zero-order valence-corrected chi connectivity index (χ0v) is 35.8. The third kappa shape index (κ3) is 6.55. The Balaban J connectivity index is 1.04. The molecule has 11 aromatic carbocycles. The van der Waals surface area contributed by atoms with E-state index < -0.39 is 0 Å². The summed E-state index contributed by atoms with van der Waals surface area (Å²) in [5.41, 5.74) is 15.5. The van der Waals surface area contributed by atoms with Crippen molar-refractivity contribution in [3.63, 3.8) is 0 Å². The van der Waals surface area contributed by atoms with E-state index in [9.17, 15) is 0 Å². The summed E-state index contributed by atoms with van der Waals surface area (Å²) in [5.74, 6) is 0. The summed E-state index contributed by atoms with van der Waals surface area (Å²) < 4.78 is 2.56. The van der Waals surface area contributed by atoms with Gasteiger partial charge in [0.1, 0.15) is 0 Å². The maximum Gasteiger partial charge on any atom is 0.0640 e. The van der Waals surface area contributed by atoms with Crippen LogP contribution in [0.4, 0.5) is 17.1 Å². The molecule has 0 saturated heterocycles. The van der Waals surface area contributed by atoms with Crippen LogP contribution < -0.4 is 4.90 Å². The van der Waals surface area contributed by atoms with Crippen LogP contribution in [0.25, 0.3) is 97.4 Å². The van der Waals surface area contributed by atoms with Gasteiger partial charge in [-0.05, 0) is 114 Å². The lowest BCUT2D eigenvalue weighted by molar-refractivity contribution is 1.30. The first-order valence-electron chi connectivity index (χ1n) is 21.9. The first kappa shape index (κ1) is 37.7. The number of thiophene rings is 1. The van der Waals surface area contributed by atoms with Gasteiger partial charge in [-0.25, -0.2) is 0 Å². The molecule has 0 unspecified atom stereocenters. The monoisotopic (exact) mass is 831 g/mol. The van der Waals surface area contributed by atoms with E-state index in [-0.39, 0.29) is 0 Å². The smallest absolute Gasteiger partial charge is 0.0640 e. The lowest BCUT2D eigenvalue weighted by Crippen LogP contribution is -2.10. The van der Waals surface area contributed by atoms with Crippen molar-refractivity contribution in [1.82, 2.24) is 0 Å². The molecule has 1 nitrogen and oxygen atoms in total. The van der Waals surface area contributed by atoms with Gasteiger partial charge in [0.15, 0.2) is 0 Å². The van der Waals surface area contributed by atoms with Crippen molar-refractivity contribution in [3.8, 4) is 55.6 Å². The zero-order valence-electron chi connectivity index (χ0n) is 35.0. The normalized spacial score (nSPS) is 11.4. The molecule has 12 rings (SSSR count). The average molecular weight is 832 g/mol. The van der Waals surface area contributed by atoms with Gasteiger partial charge in [0, 0.05) is 26.8 Å². The predicted molar refractivity (Wildman–Crippen MR) is 276 cm³/mol. The maximum atomic E-state index is 2.45. The molecule has 12 aromatic rings. The van der Waals surface area contributed by atoms with E-state index in [0.717, 1.165) is 22.6 Å². The van der Waals surface area contributed by atoms with Gasteiger partial charge < -0.3 is 4.90 Å². The number of fused-ring (bicyclic) bond motifs is 6. The van der Waals surface area contributed by atoms with Gasteiger partial charge >= 0.3 is 0 Å². The highest BCUT2D eigenvalue weighted by atomic mass is 32.1. The molecule has 0 N–H and O–H groups in total. The molecule has 0 aliphatic heterocycles. The minimum atomic E-state index is 1.10. The van der Waals surface area contributed by atoms with Crippen molar-refractivity contribution in [2.45, 2.75) is 0 Å². The van der Waals surface area contributed by atoms with Gasteiger partial charge in [0.2, 0.25) is 0 Å². The Morgan fingerprint density at radius 1 is 0.250 bits per heavy atom. The average Bonchev–Trinajstić information content (AvgIpc) is 3.77. The summed E-state index contributed by atoms with van der Waals surface area (Å²) in [4.78, 5) is 2.45. The van der Waals surface area contributed by atoms with Gasteiger partial charge in [-0.2, -0.15) is 0 Å². The van der Waals surface area contributed by atoms with E-state index in [0.29, 0.717) is 0 Å². The van der Waals surface area contributed by atoms with Crippen molar-refractivity contribution in [2.75, 3.05) is 4.90 Å². The first-order chi connectivity index (χ1) is 31.8. The van der Waals surface area contributed by atoms with E-state index in [1.54, 1.807) is 0 Å². The van der Waals surface area contributed by atoms with Crippen LogP contribution in [0.2, 0.25) is 0 Å². The van der Waals surface area contributed by atoms with Gasteiger partial charge in [0.25, 0.3) is 0 Å². The molecule has 64 heavy (non-hydrogen) atoms. The fourth-order valence-electron chi connectivity index (χ4n) is 9.71. The molecule has 0 fully saturated rings. The molecule has 300 valence electrons. The Bertz CT molecular complexity index is 3650. The van der Waals surface area contributed by atoms with Crippen molar-refractivity contribution >= 4 is 70.1 Å². The molecular formula is C62H41NS. The number of benzene rings is 11. The van der Waals surface area contributed by atoms with Crippen molar-refractivity contribution in [3.05, 3.63) is 249 Å². The Kier molecular flexibility index (Phi) is 9.43. The van der Waals surface area contributed by atoms with Gasteiger partial charge in [-0.1, -0.05) is 212 Å². The van der Waals surface area contributed by atoms with Gasteiger partial charge in [-0.15, -0.1) is 11.3 Å². The summed E-state index contributed by atoms with van der Waals surface area (Å²) >= 11 is 1.89. The summed E-state index contributed by atoms with van der Waals surface area (Å²) in [6.07, 6.45) is 0. The number of hydrogen-bond acceptors (Lipinski definition) is 2. The topological polar surface area (TPSA) is 3.24 Å². The van der Waals surface area contributed by atoms with Crippen LogP contribution >= 0.6 is 11.3 Å². The van der Waals surface area contributed by atoms with E-state index in [1.807, 2.05) is 11.3 Å². The highest BCUT2D eigenvalue weighted by Gasteiger charge is 2.21. The molecule has 2 heteroatoms. The molecule has 0 aliphatic rings. The second-order valence-electron chi connectivity index (χ2n) is 16.4. The fourth-order valence-corrected chi connectivity index (χ4v) is 11.1. The molecule has 0 aliphatic carbocycles. The minimum Gasteiger partial charge on any atom is -0.309 e.